The van der Waals surface area contributed by atoms with E-state index in [9.17, 15) is 4.79 Å². The van der Waals surface area contributed by atoms with E-state index in [1.165, 1.54) is 0 Å². The molecule has 4 nitrogen and oxygen atoms in total. The Kier molecular flexibility index (Phi) is 8.14. The number of nitrogens with one attached hydrogen (secondary N) is 2. The summed E-state index contributed by atoms with van der Waals surface area (Å²) in [5.41, 5.74) is 0.699. The molecule has 0 spiro atoms. The van der Waals surface area contributed by atoms with Crippen LogP contribution in [0.2, 0.25) is 0 Å². The van der Waals surface area contributed by atoms with Crippen LogP contribution in [0.1, 0.15) is 16.8 Å². The van der Waals surface area contributed by atoms with Gasteiger partial charge in [-0.2, -0.15) is 0 Å². The van der Waals surface area contributed by atoms with E-state index < -0.39 is 0 Å². The highest BCUT2D eigenvalue weighted by Crippen LogP contribution is 2.15. The molecule has 1 saturated heterocycles. The van der Waals surface area contributed by atoms with Crippen molar-refractivity contribution in [3.8, 4) is 0 Å². The van der Waals surface area contributed by atoms with Gasteiger partial charge >= 0.3 is 0 Å². The first-order valence-electron chi connectivity index (χ1n) is 6.73. The first-order chi connectivity index (χ1) is 9.27. The second-order valence-electron chi connectivity index (χ2n) is 4.68. The third-order valence-electron chi connectivity index (χ3n) is 3.26. The number of nitrogens with zero attached hydrogens (tertiary/aromatic N) is 1. The van der Waals surface area contributed by atoms with Crippen molar-refractivity contribution < 1.29 is 4.79 Å². The van der Waals surface area contributed by atoms with Gasteiger partial charge in [-0.1, -0.05) is 12.1 Å². The molecule has 2 N–H and O–H groups in total. The SMILES string of the molecule is Cl.O=C(NCCCN1CCNCC1)c1ccccc1Br. The van der Waals surface area contributed by atoms with Gasteiger partial charge in [0.1, 0.15) is 0 Å². The summed E-state index contributed by atoms with van der Waals surface area (Å²) >= 11 is 3.39. The quantitative estimate of drug-likeness (QED) is 0.786. The predicted octanol–water partition coefficient (Wildman–Crippen LogP) is 1.90. The van der Waals surface area contributed by atoms with Crippen molar-refractivity contribution in [2.75, 3.05) is 39.3 Å². The minimum Gasteiger partial charge on any atom is -0.352 e. The molecule has 0 saturated carbocycles. The van der Waals surface area contributed by atoms with Crippen LogP contribution in [0.5, 0.6) is 0 Å². The molecule has 1 aliphatic heterocycles. The molecular formula is C14H21BrClN3O. The fourth-order valence-electron chi connectivity index (χ4n) is 2.18. The average Bonchev–Trinajstić information content (AvgIpc) is 2.45. The lowest BCUT2D eigenvalue weighted by atomic mass is 10.2. The Hall–Kier alpha value is -0.620. The predicted molar refractivity (Wildman–Crippen MR) is 87.6 cm³/mol. The summed E-state index contributed by atoms with van der Waals surface area (Å²) in [6.45, 7) is 6.14. The number of carbonyl (C=O) groups excluding carboxylic acids is 1. The highest BCUT2D eigenvalue weighted by molar-refractivity contribution is 9.10. The van der Waals surface area contributed by atoms with Gasteiger partial charge in [0.15, 0.2) is 0 Å². The Labute approximate surface area is 134 Å². The lowest BCUT2D eigenvalue weighted by molar-refractivity contribution is 0.0950. The zero-order valence-electron chi connectivity index (χ0n) is 11.4. The van der Waals surface area contributed by atoms with Gasteiger partial charge in [-0.05, 0) is 41.0 Å². The van der Waals surface area contributed by atoms with E-state index in [2.05, 4.69) is 31.5 Å². The third kappa shape index (κ3) is 5.40. The topological polar surface area (TPSA) is 44.4 Å². The molecule has 0 aromatic heterocycles. The van der Waals surface area contributed by atoms with Gasteiger partial charge in [0, 0.05) is 37.2 Å². The molecule has 0 radical (unpaired) electrons. The summed E-state index contributed by atoms with van der Waals surface area (Å²) in [4.78, 5) is 14.4. The van der Waals surface area contributed by atoms with Crippen LogP contribution in [0.25, 0.3) is 0 Å². The second-order valence-corrected chi connectivity index (χ2v) is 5.54. The Morgan fingerprint density at radius 3 is 2.70 bits per heavy atom. The van der Waals surface area contributed by atoms with Gasteiger partial charge in [0.25, 0.3) is 5.91 Å². The summed E-state index contributed by atoms with van der Waals surface area (Å²) in [7, 11) is 0. The van der Waals surface area contributed by atoms with E-state index in [0.29, 0.717) is 5.56 Å². The van der Waals surface area contributed by atoms with Crippen LogP contribution >= 0.6 is 28.3 Å². The van der Waals surface area contributed by atoms with Crippen LogP contribution in [0.15, 0.2) is 28.7 Å². The Balaban J connectivity index is 0.00000200. The molecule has 20 heavy (non-hydrogen) atoms. The molecule has 0 aliphatic carbocycles. The molecule has 6 heteroatoms. The van der Waals surface area contributed by atoms with Gasteiger partial charge in [0.2, 0.25) is 0 Å². The van der Waals surface area contributed by atoms with Crippen molar-refractivity contribution in [2.45, 2.75) is 6.42 Å². The highest BCUT2D eigenvalue weighted by atomic mass is 79.9. The number of benzene rings is 1. The molecule has 1 aliphatic rings. The lowest BCUT2D eigenvalue weighted by Gasteiger charge is -2.27. The van der Waals surface area contributed by atoms with Crippen LogP contribution in [-0.2, 0) is 0 Å². The second kappa shape index (κ2) is 9.34. The zero-order chi connectivity index (χ0) is 13.5. The van der Waals surface area contributed by atoms with Crippen molar-refractivity contribution in [3.63, 3.8) is 0 Å². The molecule has 2 rings (SSSR count). The van der Waals surface area contributed by atoms with Crippen molar-refractivity contribution >= 4 is 34.2 Å². The Morgan fingerprint density at radius 2 is 2.00 bits per heavy atom. The maximum Gasteiger partial charge on any atom is 0.252 e. The number of rotatable bonds is 5. The summed E-state index contributed by atoms with van der Waals surface area (Å²) in [6.07, 6.45) is 0.996. The molecule has 1 fully saturated rings. The van der Waals surface area contributed by atoms with Crippen molar-refractivity contribution in [2.24, 2.45) is 0 Å². The fourth-order valence-corrected chi connectivity index (χ4v) is 2.64. The minimum atomic E-state index is -0.00668. The maximum atomic E-state index is 12.0. The molecule has 112 valence electrons. The molecule has 0 bridgehead atoms. The first-order valence-corrected chi connectivity index (χ1v) is 7.52. The zero-order valence-corrected chi connectivity index (χ0v) is 13.8. The van der Waals surface area contributed by atoms with Crippen molar-refractivity contribution in [1.82, 2.24) is 15.5 Å². The van der Waals surface area contributed by atoms with Crippen LogP contribution in [0.4, 0.5) is 0 Å². The first kappa shape index (κ1) is 17.4. The van der Waals surface area contributed by atoms with E-state index >= 15 is 0 Å². The van der Waals surface area contributed by atoms with E-state index in [0.717, 1.165) is 50.2 Å². The van der Waals surface area contributed by atoms with Gasteiger partial charge in [-0.15, -0.1) is 12.4 Å². The van der Waals surface area contributed by atoms with Crippen LogP contribution in [0, 0.1) is 0 Å². The Morgan fingerprint density at radius 1 is 1.30 bits per heavy atom. The van der Waals surface area contributed by atoms with Gasteiger partial charge in [-0.3, -0.25) is 4.79 Å². The smallest absolute Gasteiger partial charge is 0.252 e. The lowest BCUT2D eigenvalue weighted by Crippen LogP contribution is -2.44. The summed E-state index contributed by atoms with van der Waals surface area (Å²) < 4.78 is 0.842. The molecular weight excluding hydrogens is 342 g/mol. The fraction of sp³-hybridized carbons (Fsp3) is 0.500. The number of hydrogen-bond acceptors (Lipinski definition) is 3. The van der Waals surface area contributed by atoms with Crippen molar-refractivity contribution in [1.29, 1.82) is 0 Å². The molecule has 0 unspecified atom stereocenters. The molecule has 1 aromatic rings. The van der Waals surface area contributed by atoms with Gasteiger partial charge in [-0.25, -0.2) is 0 Å². The highest BCUT2D eigenvalue weighted by Gasteiger charge is 2.10. The average molecular weight is 363 g/mol. The maximum absolute atomic E-state index is 12.0. The van der Waals surface area contributed by atoms with E-state index in [4.69, 9.17) is 0 Å². The third-order valence-corrected chi connectivity index (χ3v) is 3.96. The monoisotopic (exact) mass is 361 g/mol. The summed E-state index contributed by atoms with van der Waals surface area (Å²) in [5.74, 6) is -0.00668. The van der Waals surface area contributed by atoms with Gasteiger partial charge < -0.3 is 15.5 Å². The van der Waals surface area contributed by atoms with Crippen molar-refractivity contribution in [3.05, 3.63) is 34.3 Å². The largest absolute Gasteiger partial charge is 0.352 e. The molecule has 0 atom stereocenters. The van der Waals surface area contributed by atoms with Crippen LogP contribution in [0.3, 0.4) is 0 Å². The van der Waals surface area contributed by atoms with Gasteiger partial charge in [0.05, 0.1) is 5.56 Å². The molecule has 1 aromatic carbocycles. The number of carbonyl (C=O) groups is 1. The Bertz CT molecular complexity index is 425. The van der Waals surface area contributed by atoms with E-state index in [1.807, 2.05) is 24.3 Å². The molecule has 1 amide bonds. The summed E-state index contributed by atoms with van der Waals surface area (Å²) in [5, 5.41) is 6.30. The standard InChI is InChI=1S/C14H20BrN3O.ClH/c15-13-5-2-1-4-12(13)14(19)17-6-3-9-18-10-7-16-8-11-18;/h1-2,4-5,16H,3,6-11H2,(H,17,19);1H. The number of piperazine rings is 1. The number of hydrogen-bond donors (Lipinski definition) is 2. The summed E-state index contributed by atoms with van der Waals surface area (Å²) in [6, 6.07) is 7.50. The van der Waals surface area contributed by atoms with E-state index in [1.54, 1.807) is 0 Å². The number of halogens is 2. The number of amides is 1. The minimum absolute atomic E-state index is 0. The normalized spacial score (nSPS) is 15.4. The van der Waals surface area contributed by atoms with Crippen LogP contribution in [-0.4, -0.2) is 50.1 Å². The van der Waals surface area contributed by atoms with E-state index in [-0.39, 0.29) is 18.3 Å². The molecule has 1 heterocycles. The van der Waals surface area contributed by atoms with Crippen LogP contribution < -0.4 is 10.6 Å².